The van der Waals surface area contributed by atoms with Crippen LogP contribution in [0, 0.1) is 5.21 Å². The minimum absolute atomic E-state index is 0.309. The van der Waals surface area contributed by atoms with Crippen LogP contribution in [0.1, 0.15) is 13.8 Å². The topological polar surface area (TPSA) is 59.9 Å². The number of nitrogens with one attached hydrogen (secondary N) is 1. The second kappa shape index (κ2) is 4.27. The Morgan fingerprint density at radius 2 is 2.27 bits per heavy atom. The highest BCUT2D eigenvalue weighted by Crippen LogP contribution is 2.02. The van der Waals surface area contributed by atoms with Crippen molar-refractivity contribution < 1.29 is 4.84 Å². The van der Waals surface area contributed by atoms with Gasteiger partial charge in [-0.05, 0) is 20.9 Å². The zero-order chi connectivity index (χ0) is 8.91. The minimum Gasteiger partial charge on any atom is -0.772 e. The largest absolute Gasteiger partial charge is 0.772 e. The highest BCUT2D eigenvalue weighted by molar-refractivity contribution is 5.21. The molecule has 0 bridgehead atoms. The number of nitrogens with zero attached hydrogens (tertiary/aromatic N) is 2. The van der Waals surface area contributed by atoms with Crippen LogP contribution < -0.4 is 5.43 Å². The molecule has 0 saturated heterocycles. The van der Waals surface area contributed by atoms with E-state index in [9.17, 15) is 5.21 Å². The maximum atomic E-state index is 10.5. The van der Waals surface area contributed by atoms with Crippen molar-refractivity contribution in [2.45, 2.75) is 19.4 Å². The molecule has 5 nitrogen and oxygen atoms in total. The van der Waals surface area contributed by atoms with Gasteiger partial charge >= 0.3 is 0 Å². The summed E-state index contributed by atoms with van der Waals surface area (Å²) in [7, 11) is 1.38. The maximum absolute atomic E-state index is 10.5. The van der Waals surface area contributed by atoms with Gasteiger partial charge in [-0.1, -0.05) is 0 Å². The Hall–Kier alpha value is -0.650. The SMILES string of the molecule is C=NOCC(C)(C)NN(C)[O-]. The van der Waals surface area contributed by atoms with E-state index in [1.54, 1.807) is 0 Å². The Morgan fingerprint density at radius 3 is 2.64 bits per heavy atom. The Bertz CT molecular complexity index is 125. The summed E-state index contributed by atoms with van der Waals surface area (Å²) in [4.78, 5) is 4.69. The zero-order valence-corrected chi connectivity index (χ0v) is 7.13. The summed E-state index contributed by atoms with van der Waals surface area (Å²) in [6, 6.07) is 0. The van der Waals surface area contributed by atoms with E-state index in [0.717, 1.165) is 0 Å². The lowest BCUT2D eigenvalue weighted by Gasteiger charge is -2.34. The number of hydrogen-bond acceptors (Lipinski definition) is 5. The predicted molar refractivity (Wildman–Crippen MR) is 43.8 cm³/mol. The Balaban J connectivity index is 3.69. The van der Waals surface area contributed by atoms with Gasteiger partial charge in [0.15, 0.2) is 0 Å². The summed E-state index contributed by atoms with van der Waals surface area (Å²) >= 11 is 0. The molecule has 0 rings (SSSR count). The summed E-state index contributed by atoms with van der Waals surface area (Å²) in [5.74, 6) is 0. The molecule has 0 unspecified atom stereocenters. The van der Waals surface area contributed by atoms with Crippen LogP contribution in [0.2, 0.25) is 0 Å². The van der Waals surface area contributed by atoms with E-state index in [-0.39, 0.29) is 0 Å². The van der Waals surface area contributed by atoms with Gasteiger partial charge in [-0.2, -0.15) is 0 Å². The highest BCUT2D eigenvalue weighted by Gasteiger charge is 2.17. The van der Waals surface area contributed by atoms with E-state index >= 15 is 0 Å². The smallest absolute Gasteiger partial charge is 0.136 e. The third kappa shape index (κ3) is 5.78. The van der Waals surface area contributed by atoms with E-state index in [1.165, 1.54) is 7.05 Å². The zero-order valence-electron chi connectivity index (χ0n) is 7.13. The monoisotopic (exact) mass is 160 g/mol. The van der Waals surface area contributed by atoms with Crippen LogP contribution in [-0.4, -0.2) is 31.1 Å². The van der Waals surface area contributed by atoms with Gasteiger partial charge in [-0.25, -0.2) is 0 Å². The lowest BCUT2D eigenvalue weighted by molar-refractivity contribution is 0.0615. The van der Waals surface area contributed by atoms with Crippen LogP contribution in [0.25, 0.3) is 0 Å². The van der Waals surface area contributed by atoms with Gasteiger partial charge in [0.05, 0.1) is 5.54 Å². The fourth-order valence-corrected chi connectivity index (χ4v) is 0.666. The van der Waals surface area contributed by atoms with Gasteiger partial charge in [0.2, 0.25) is 0 Å². The van der Waals surface area contributed by atoms with Gasteiger partial charge < -0.3 is 15.2 Å². The molecule has 0 saturated carbocycles. The van der Waals surface area contributed by atoms with Crippen molar-refractivity contribution in [3.63, 3.8) is 0 Å². The predicted octanol–water partition coefficient (Wildman–Crippen LogP) is 0.331. The van der Waals surface area contributed by atoms with Crippen molar-refractivity contribution in [3.8, 4) is 0 Å². The normalized spacial score (nSPS) is 11.7. The van der Waals surface area contributed by atoms with Crippen LogP contribution in [0.5, 0.6) is 0 Å². The van der Waals surface area contributed by atoms with Crippen LogP contribution in [0.4, 0.5) is 0 Å². The molecule has 0 aliphatic heterocycles. The number of oxime groups is 1. The van der Waals surface area contributed by atoms with Gasteiger partial charge in [0.25, 0.3) is 0 Å². The summed E-state index contributed by atoms with van der Waals surface area (Å²) in [6.45, 7) is 7.11. The molecule has 0 aromatic carbocycles. The third-order valence-corrected chi connectivity index (χ3v) is 0.977. The molecular formula is C6H14N3O2-. The average Bonchev–Trinajstić information content (AvgIpc) is 1.81. The summed E-state index contributed by atoms with van der Waals surface area (Å²) in [5.41, 5.74) is 2.20. The quantitative estimate of drug-likeness (QED) is 0.465. The van der Waals surface area contributed by atoms with E-state index in [1.807, 2.05) is 13.8 Å². The minimum atomic E-state index is -0.419. The lowest BCUT2D eigenvalue weighted by atomic mass is 10.1. The van der Waals surface area contributed by atoms with Crippen LogP contribution in [-0.2, 0) is 4.84 Å². The number of rotatable bonds is 5. The first-order chi connectivity index (χ1) is 4.98. The van der Waals surface area contributed by atoms with Gasteiger partial charge in [0, 0.05) is 6.72 Å². The van der Waals surface area contributed by atoms with E-state index in [2.05, 4.69) is 22.1 Å². The van der Waals surface area contributed by atoms with E-state index in [4.69, 9.17) is 0 Å². The Labute approximate surface area is 66.6 Å². The fourth-order valence-electron chi connectivity index (χ4n) is 0.666. The third-order valence-electron chi connectivity index (χ3n) is 0.977. The van der Waals surface area contributed by atoms with Crippen molar-refractivity contribution in [2.24, 2.45) is 5.16 Å². The number of hydrazine groups is 1. The maximum Gasteiger partial charge on any atom is 0.136 e. The van der Waals surface area contributed by atoms with Crippen molar-refractivity contribution in [2.75, 3.05) is 13.7 Å². The van der Waals surface area contributed by atoms with Crippen molar-refractivity contribution in [1.82, 2.24) is 10.6 Å². The summed E-state index contributed by atoms with van der Waals surface area (Å²) in [5, 5.41) is 14.4. The molecule has 0 fully saturated rings. The number of hydroxylamine groups is 1. The molecule has 0 radical (unpaired) electrons. The molecule has 1 N–H and O–H groups in total. The first-order valence-electron chi connectivity index (χ1n) is 3.24. The van der Waals surface area contributed by atoms with E-state index in [0.29, 0.717) is 11.8 Å². The molecule has 0 aromatic rings. The fraction of sp³-hybridized carbons (Fsp3) is 0.833. The van der Waals surface area contributed by atoms with Crippen molar-refractivity contribution in [3.05, 3.63) is 5.21 Å². The second-order valence-corrected chi connectivity index (χ2v) is 2.90. The molecule has 0 amide bonds. The molecule has 5 heteroatoms. The molecule has 0 aliphatic rings. The second-order valence-electron chi connectivity index (χ2n) is 2.90. The Morgan fingerprint density at radius 1 is 1.73 bits per heavy atom. The molecular weight excluding hydrogens is 146 g/mol. The van der Waals surface area contributed by atoms with E-state index < -0.39 is 5.54 Å². The molecule has 11 heavy (non-hydrogen) atoms. The Kier molecular flexibility index (Phi) is 4.02. The average molecular weight is 160 g/mol. The van der Waals surface area contributed by atoms with Gasteiger partial charge in [-0.15, -0.1) is 5.16 Å². The van der Waals surface area contributed by atoms with Crippen molar-refractivity contribution in [1.29, 1.82) is 0 Å². The molecule has 0 atom stereocenters. The van der Waals surface area contributed by atoms with Crippen LogP contribution >= 0.6 is 0 Å². The molecule has 0 aliphatic carbocycles. The standard InChI is InChI=1S/C6H14N3O2/c1-6(2,5-11-7-3)8-9(4)10/h8H,3,5H2,1-2,4H3/q-1. The first kappa shape index (κ1) is 10.3. The van der Waals surface area contributed by atoms with Crippen LogP contribution in [0.3, 0.4) is 0 Å². The molecule has 0 aromatic heterocycles. The van der Waals surface area contributed by atoms with Gasteiger partial charge in [-0.3, -0.25) is 5.43 Å². The van der Waals surface area contributed by atoms with Crippen molar-refractivity contribution >= 4 is 6.72 Å². The summed E-state index contributed by atoms with van der Waals surface area (Å²) < 4.78 is 0. The lowest BCUT2D eigenvalue weighted by Crippen LogP contribution is -2.49. The van der Waals surface area contributed by atoms with Gasteiger partial charge in [0.1, 0.15) is 6.61 Å². The highest BCUT2D eigenvalue weighted by atomic mass is 16.6. The molecule has 66 valence electrons. The summed E-state index contributed by atoms with van der Waals surface area (Å²) in [6.07, 6.45) is 0. The van der Waals surface area contributed by atoms with Crippen LogP contribution in [0.15, 0.2) is 5.16 Å². The molecule has 0 spiro atoms. The number of hydrogen-bond donors (Lipinski definition) is 1. The molecule has 0 heterocycles. The first-order valence-corrected chi connectivity index (χ1v) is 3.24.